The number of carbonyl (C=O) groups is 1. The molecule has 0 aromatic heterocycles. The van der Waals surface area contributed by atoms with Crippen molar-refractivity contribution in [2.75, 3.05) is 26.1 Å². The predicted octanol–water partition coefficient (Wildman–Crippen LogP) is 2.91. The molecule has 0 amide bonds. The third-order valence-electron chi connectivity index (χ3n) is 3.81. The Hall–Kier alpha value is -1.75. The van der Waals surface area contributed by atoms with Gasteiger partial charge in [0.05, 0.1) is 12.0 Å². The highest BCUT2D eigenvalue weighted by Crippen LogP contribution is 2.25. The van der Waals surface area contributed by atoms with E-state index in [1.54, 1.807) is 32.9 Å². The number of esters is 1. The number of carbonyl (C=O) groups excluding carboxylic acids is 1. The lowest BCUT2D eigenvalue weighted by molar-refractivity contribution is -0.146. The van der Waals surface area contributed by atoms with Crippen molar-refractivity contribution >= 4 is 27.6 Å². The van der Waals surface area contributed by atoms with Crippen LogP contribution in [0.4, 0.5) is 0 Å². The van der Waals surface area contributed by atoms with Gasteiger partial charge in [0, 0.05) is 12.4 Å². The molecule has 1 unspecified atom stereocenters. The largest absolute Gasteiger partial charge is 0.481 e. The molecular formula is C19H26ClNO5S. The van der Waals surface area contributed by atoms with E-state index in [9.17, 15) is 13.2 Å². The molecular weight excluding hydrogens is 390 g/mol. The quantitative estimate of drug-likeness (QED) is 0.334. The van der Waals surface area contributed by atoms with Gasteiger partial charge in [-0.2, -0.15) is 4.31 Å². The van der Waals surface area contributed by atoms with Crippen LogP contribution in [0.5, 0.6) is 5.75 Å². The van der Waals surface area contributed by atoms with Crippen molar-refractivity contribution in [3.8, 4) is 17.6 Å². The van der Waals surface area contributed by atoms with E-state index >= 15 is 0 Å². The van der Waals surface area contributed by atoms with Gasteiger partial charge in [-0.25, -0.2) is 8.42 Å². The normalized spacial score (nSPS) is 12.4. The second kappa shape index (κ2) is 11.2. The number of ether oxygens (including phenoxy) is 2. The van der Waals surface area contributed by atoms with Gasteiger partial charge in [-0.1, -0.05) is 19.8 Å². The first-order valence-electron chi connectivity index (χ1n) is 8.57. The second-order valence-corrected chi connectivity index (χ2v) is 8.33. The van der Waals surface area contributed by atoms with E-state index in [0.717, 1.165) is 0 Å². The van der Waals surface area contributed by atoms with E-state index in [-0.39, 0.29) is 29.8 Å². The van der Waals surface area contributed by atoms with Gasteiger partial charge in [0.25, 0.3) is 0 Å². The summed E-state index contributed by atoms with van der Waals surface area (Å²) in [6.45, 7) is 5.60. The van der Waals surface area contributed by atoms with Gasteiger partial charge in [-0.3, -0.25) is 4.79 Å². The van der Waals surface area contributed by atoms with Gasteiger partial charge < -0.3 is 9.47 Å². The van der Waals surface area contributed by atoms with Crippen LogP contribution >= 0.6 is 11.6 Å². The zero-order valence-corrected chi connectivity index (χ0v) is 17.6. The zero-order chi connectivity index (χ0) is 20.4. The molecule has 0 spiro atoms. The summed E-state index contributed by atoms with van der Waals surface area (Å²) < 4.78 is 37.8. The molecule has 0 bridgehead atoms. The Morgan fingerprint density at radius 1 is 1.26 bits per heavy atom. The van der Waals surface area contributed by atoms with Crippen molar-refractivity contribution in [2.45, 2.75) is 38.1 Å². The van der Waals surface area contributed by atoms with Crippen LogP contribution in [0.3, 0.4) is 0 Å². The number of benzene rings is 1. The molecule has 1 atom stereocenters. The topological polar surface area (TPSA) is 72.9 Å². The third-order valence-corrected chi connectivity index (χ3v) is 5.98. The van der Waals surface area contributed by atoms with Gasteiger partial charge in [-0.15, -0.1) is 17.5 Å². The van der Waals surface area contributed by atoms with Crippen molar-refractivity contribution in [3.63, 3.8) is 0 Å². The van der Waals surface area contributed by atoms with E-state index in [0.29, 0.717) is 12.2 Å². The smallest absolute Gasteiger partial charge is 0.324 e. The summed E-state index contributed by atoms with van der Waals surface area (Å²) in [4.78, 5) is 12.3. The number of halogens is 1. The molecule has 0 aliphatic heterocycles. The minimum Gasteiger partial charge on any atom is -0.481 e. The van der Waals surface area contributed by atoms with Crippen LogP contribution in [0, 0.1) is 17.8 Å². The van der Waals surface area contributed by atoms with E-state index in [4.69, 9.17) is 21.1 Å². The van der Waals surface area contributed by atoms with Crippen LogP contribution < -0.4 is 4.74 Å². The van der Waals surface area contributed by atoms with Gasteiger partial charge in [0.1, 0.15) is 18.4 Å². The number of hydrogen-bond acceptors (Lipinski definition) is 5. The summed E-state index contributed by atoms with van der Waals surface area (Å²) in [5, 5.41) is 0. The Morgan fingerprint density at radius 3 is 2.37 bits per heavy atom. The lowest BCUT2D eigenvalue weighted by atomic mass is 10.0. The minimum absolute atomic E-state index is 0.0700. The molecule has 150 valence electrons. The SMILES string of the molecule is CC#CCOc1ccc(S(=O)(=O)N(CCCCl)C(C(=O)OC)C(C)C)cc1. The first-order valence-corrected chi connectivity index (χ1v) is 10.5. The molecule has 0 aliphatic rings. The molecule has 0 N–H and O–H groups in total. The average Bonchev–Trinajstić information content (AvgIpc) is 2.64. The molecule has 1 rings (SSSR count). The van der Waals surface area contributed by atoms with Crippen LogP contribution in [-0.4, -0.2) is 50.9 Å². The molecule has 0 fully saturated rings. The van der Waals surface area contributed by atoms with Crippen LogP contribution in [-0.2, 0) is 19.6 Å². The zero-order valence-electron chi connectivity index (χ0n) is 16.1. The van der Waals surface area contributed by atoms with Crippen LogP contribution in [0.2, 0.25) is 0 Å². The lowest BCUT2D eigenvalue weighted by Gasteiger charge is -2.31. The Bertz CT molecular complexity index is 766. The molecule has 0 heterocycles. The maximum Gasteiger partial charge on any atom is 0.324 e. The van der Waals surface area contributed by atoms with Crippen molar-refractivity contribution in [2.24, 2.45) is 5.92 Å². The predicted molar refractivity (Wildman–Crippen MR) is 105 cm³/mol. The number of sulfonamides is 1. The fourth-order valence-electron chi connectivity index (χ4n) is 2.50. The number of alkyl halides is 1. The minimum atomic E-state index is -3.92. The fourth-order valence-corrected chi connectivity index (χ4v) is 4.37. The maximum absolute atomic E-state index is 13.2. The highest BCUT2D eigenvalue weighted by Gasteiger charge is 2.38. The second-order valence-electron chi connectivity index (χ2n) is 6.06. The van der Waals surface area contributed by atoms with E-state index < -0.39 is 22.0 Å². The molecule has 0 saturated carbocycles. The van der Waals surface area contributed by atoms with Crippen molar-refractivity contribution in [3.05, 3.63) is 24.3 Å². The Kier molecular flexibility index (Phi) is 9.64. The fraction of sp³-hybridized carbons (Fsp3) is 0.526. The highest BCUT2D eigenvalue weighted by molar-refractivity contribution is 7.89. The molecule has 1 aromatic rings. The van der Waals surface area contributed by atoms with Crippen LogP contribution in [0.1, 0.15) is 27.2 Å². The molecule has 1 aromatic carbocycles. The van der Waals surface area contributed by atoms with E-state index in [2.05, 4.69) is 11.8 Å². The first-order chi connectivity index (χ1) is 12.8. The van der Waals surface area contributed by atoms with Gasteiger partial charge >= 0.3 is 5.97 Å². The summed E-state index contributed by atoms with van der Waals surface area (Å²) in [6, 6.07) is 5.09. The average molecular weight is 416 g/mol. The Morgan fingerprint density at radius 2 is 1.89 bits per heavy atom. The summed E-state index contributed by atoms with van der Waals surface area (Å²) in [7, 11) is -2.68. The summed E-state index contributed by atoms with van der Waals surface area (Å²) in [5.41, 5.74) is 0. The molecule has 27 heavy (non-hydrogen) atoms. The molecule has 6 nitrogen and oxygen atoms in total. The number of rotatable bonds is 10. The standard InChI is InChI=1S/C19H26ClNO5S/c1-5-6-14-26-16-8-10-17(11-9-16)27(23,24)21(13-7-12-20)18(15(2)3)19(22)25-4/h8-11,15,18H,7,12-14H2,1-4H3. The summed E-state index contributed by atoms with van der Waals surface area (Å²) >= 11 is 5.76. The van der Waals surface area contributed by atoms with Crippen molar-refractivity contribution in [1.82, 2.24) is 4.31 Å². The monoisotopic (exact) mass is 415 g/mol. The molecule has 0 saturated heterocycles. The van der Waals surface area contributed by atoms with Crippen LogP contribution in [0.25, 0.3) is 0 Å². The number of hydrogen-bond donors (Lipinski definition) is 0. The van der Waals surface area contributed by atoms with E-state index in [1.807, 2.05) is 0 Å². The molecule has 0 radical (unpaired) electrons. The van der Waals surface area contributed by atoms with Crippen molar-refractivity contribution < 1.29 is 22.7 Å². The first kappa shape index (κ1) is 23.3. The number of methoxy groups -OCH3 is 1. The van der Waals surface area contributed by atoms with E-state index in [1.165, 1.54) is 23.5 Å². The van der Waals surface area contributed by atoms with Gasteiger partial charge in [0.15, 0.2) is 0 Å². The Balaban J connectivity index is 3.21. The maximum atomic E-state index is 13.2. The van der Waals surface area contributed by atoms with Gasteiger partial charge in [-0.05, 0) is 43.5 Å². The highest BCUT2D eigenvalue weighted by atomic mass is 35.5. The lowest BCUT2D eigenvalue weighted by Crippen LogP contribution is -2.49. The Labute approximate surface area is 166 Å². The molecule has 8 heteroatoms. The van der Waals surface area contributed by atoms with Gasteiger partial charge in [0.2, 0.25) is 10.0 Å². The number of nitrogens with zero attached hydrogens (tertiary/aromatic N) is 1. The third kappa shape index (κ3) is 6.42. The molecule has 0 aliphatic carbocycles. The summed E-state index contributed by atoms with van der Waals surface area (Å²) in [6.07, 6.45) is 0.415. The van der Waals surface area contributed by atoms with Crippen molar-refractivity contribution in [1.29, 1.82) is 0 Å². The summed E-state index contributed by atoms with van der Waals surface area (Å²) in [5.74, 6) is 5.41. The van der Waals surface area contributed by atoms with Crippen LogP contribution in [0.15, 0.2) is 29.2 Å².